The first-order valence-corrected chi connectivity index (χ1v) is 11.7. The van der Waals surface area contributed by atoms with E-state index in [4.69, 9.17) is 0 Å². The molecule has 1 atom stereocenters. The van der Waals surface area contributed by atoms with E-state index in [9.17, 15) is 14.0 Å². The molecule has 5 nitrogen and oxygen atoms in total. The van der Waals surface area contributed by atoms with Crippen molar-refractivity contribution in [2.75, 3.05) is 19.6 Å². The number of hydrogen-bond acceptors (Lipinski definition) is 3. The molecule has 6 heteroatoms. The Bertz CT molecular complexity index is 924. The number of likely N-dealkylation sites (tertiary alicyclic amines) is 2. The van der Waals surface area contributed by atoms with Crippen molar-refractivity contribution in [2.24, 2.45) is 5.41 Å². The van der Waals surface area contributed by atoms with Gasteiger partial charge < -0.3 is 9.80 Å². The van der Waals surface area contributed by atoms with Crippen molar-refractivity contribution in [3.8, 4) is 0 Å². The minimum atomic E-state index is -0.411. The van der Waals surface area contributed by atoms with Gasteiger partial charge in [-0.25, -0.2) is 4.39 Å². The van der Waals surface area contributed by atoms with Crippen LogP contribution in [0.3, 0.4) is 0 Å². The number of carbonyl (C=O) groups excluding carboxylic acids is 2. The van der Waals surface area contributed by atoms with Crippen molar-refractivity contribution in [3.63, 3.8) is 0 Å². The molecule has 2 fully saturated rings. The van der Waals surface area contributed by atoms with Gasteiger partial charge in [-0.05, 0) is 73.9 Å². The smallest absolute Gasteiger partial charge is 0.228 e. The third kappa shape index (κ3) is 5.17. The van der Waals surface area contributed by atoms with Crippen LogP contribution < -0.4 is 0 Å². The number of pyridine rings is 1. The minimum Gasteiger partial charge on any atom is -0.342 e. The van der Waals surface area contributed by atoms with Crippen LogP contribution in [-0.4, -0.2) is 52.3 Å². The van der Waals surface area contributed by atoms with Crippen molar-refractivity contribution in [2.45, 2.75) is 57.9 Å². The highest BCUT2D eigenvalue weighted by Gasteiger charge is 2.43. The monoisotopic (exact) mass is 437 g/mol. The van der Waals surface area contributed by atoms with E-state index in [2.05, 4.69) is 16.8 Å². The zero-order valence-corrected chi connectivity index (χ0v) is 18.8. The molecule has 0 unspecified atom stereocenters. The van der Waals surface area contributed by atoms with Gasteiger partial charge in [0.1, 0.15) is 5.82 Å². The normalized spacial score (nSPS) is 20.4. The summed E-state index contributed by atoms with van der Waals surface area (Å²) in [5.41, 5.74) is 1.67. The van der Waals surface area contributed by atoms with Crippen molar-refractivity contribution >= 4 is 11.8 Å². The fourth-order valence-corrected chi connectivity index (χ4v) is 4.98. The number of rotatable bonds is 6. The minimum absolute atomic E-state index is 0.0440. The summed E-state index contributed by atoms with van der Waals surface area (Å²) in [6.07, 6.45) is 9.35. The fraction of sp³-hybridized carbons (Fsp3) is 0.500. The largest absolute Gasteiger partial charge is 0.342 e. The molecule has 0 saturated carbocycles. The van der Waals surface area contributed by atoms with Crippen LogP contribution in [0.1, 0.15) is 50.2 Å². The Morgan fingerprint density at radius 2 is 1.72 bits per heavy atom. The summed E-state index contributed by atoms with van der Waals surface area (Å²) in [5, 5.41) is 0. The van der Waals surface area contributed by atoms with Gasteiger partial charge in [-0.2, -0.15) is 0 Å². The average molecular weight is 438 g/mol. The Labute approximate surface area is 189 Å². The number of carbonyl (C=O) groups is 2. The number of amides is 2. The first kappa shape index (κ1) is 22.4. The van der Waals surface area contributed by atoms with Crippen LogP contribution in [0.2, 0.25) is 0 Å². The highest BCUT2D eigenvalue weighted by atomic mass is 19.1. The molecule has 0 aliphatic carbocycles. The van der Waals surface area contributed by atoms with Gasteiger partial charge in [-0.3, -0.25) is 14.6 Å². The zero-order chi connectivity index (χ0) is 22.6. The molecular weight excluding hydrogens is 405 g/mol. The summed E-state index contributed by atoms with van der Waals surface area (Å²) in [5.74, 6) is -0.00249. The Morgan fingerprint density at radius 3 is 2.41 bits per heavy atom. The lowest BCUT2D eigenvalue weighted by Crippen LogP contribution is -2.51. The van der Waals surface area contributed by atoms with Gasteiger partial charge in [-0.1, -0.05) is 19.1 Å². The SMILES string of the molecule is CC1(C(=O)N2CCC[C@@H]2CCc2ccncc2)CCN(C(=O)Cc2ccc(F)cc2)CC1. The van der Waals surface area contributed by atoms with Crippen LogP contribution >= 0.6 is 0 Å². The second-order valence-electron chi connectivity index (χ2n) is 9.43. The molecular formula is C26H32FN3O2. The molecule has 2 saturated heterocycles. The van der Waals surface area contributed by atoms with E-state index in [0.29, 0.717) is 32.0 Å². The summed E-state index contributed by atoms with van der Waals surface area (Å²) >= 11 is 0. The lowest BCUT2D eigenvalue weighted by atomic mass is 9.78. The summed E-state index contributed by atoms with van der Waals surface area (Å²) in [6, 6.07) is 10.5. The number of aromatic nitrogens is 1. The van der Waals surface area contributed by atoms with Crippen molar-refractivity contribution in [3.05, 3.63) is 65.7 Å². The van der Waals surface area contributed by atoms with Gasteiger partial charge in [-0.15, -0.1) is 0 Å². The summed E-state index contributed by atoms with van der Waals surface area (Å²) in [7, 11) is 0. The molecule has 4 rings (SSSR count). The van der Waals surface area contributed by atoms with Crippen LogP contribution in [0.5, 0.6) is 0 Å². The summed E-state index contributed by atoms with van der Waals surface area (Å²) in [4.78, 5) is 34.2. The van der Waals surface area contributed by atoms with Crippen molar-refractivity contribution in [1.29, 1.82) is 0 Å². The number of nitrogens with zero attached hydrogens (tertiary/aromatic N) is 3. The maximum absolute atomic E-state index is 13.5. The van der Waals surface area contributed by atoms with E-state index in [1.54, 1.807) is 12.1 Å². The molecule has 2 aliphatic rings. The van der Waals surface area contributed by atoms with Crippen LogP contribution in [0.4, 0.5) is 4.39 Å². The van der Waals surface area contributed by atoms with Gasteiger partial charge in [0, 0.05) is 43.5 Å². The molecule has 170 valence electrons. The quantitative estimate of drug-likeness (QED) is 0.686. The van der Waals surface area contributed by atoms with Crippen LogP contribution in [0.25, 0.3) is 0 Å². The first-order chi connectivity index (χ1) is 15.4. The van der Waals surface area contributed by atoms with Gasteiger partial charge in [0.25, 0.3) is 0 Å². The molecule has 1 aromatic carbocycles. The highest BCUT2D eigenvalue weighted by molar-refractivity contribution is 5.84. The maximum Gasteiger partial charge on any atom is 0.228 e. The van der Waals surface area contributed by atoms with Gasteiger partial charge >= 0.3 is 0 Å². The standard InChI is InChI=1S/C26H32FN3O2/c1-26(12-17-29(18-13-26)24(31)19-21-4-7-22(27)8-5-21)25(32)30-16-2-3-23(30)9-6-20-10-14-28-15-11-20/h4-5,7-8,10-11,14-15,23H,2-3,6,9,12-13,16-19H2,1H3/t23-/m1/s1. The average Bonchev–Trinajstić information content (AvgIpc) is 3.28. The molecule has 3 heterocycles. The maximum atomic E-state index is 13.5. The zero-order valence-electron chi connectivity index (χ0n) is 18.8. The van der Waals surface area contributed by atoms with Gasteiger partial charge in [0.15, 0.2) is 0 Å². The molecule has 1 aromatic heterocycles. The predicted molar refractivity (Wildman–Crippen MR) is 121 cm³/mol. The van der Waals surface area contributed by atoms with E-state index < -0.39 is 5.41 Å². The second kappa shape index (κ2) is 9.80. The number of piperidine rings is 1. The fourth-order valence-electron chi connectivity index (χ4n) is 4.98. The Balaban J connectivity index is 1.31. The molecule has 2 aromatic rings. The van der Waals surface area contributed by atoms with E-state index in [-0.39, 0.29) is 24.1 Å². The van der Waals surface area contributed by atoms with E-state index >= 15 is 0 Å². The van der Waals surface area contributed by atoms with E-state index in [0.717, 1.165) is 37.8 Å². The molecule has 32 heavy (non-hydrogen) atoms. The van der Waals surface area contributed by atoms with Crippen molar-refractivity contribution < 1.29 is 14.0 Å². The van der Waals surface area contributed by atoms with E-state index in [1.165, 1.54) is 17.7 Å². The molecule has 0 radical (unpaired) electrons. The topological polar surface area (TPSA) is 53.5 Å². The second-order valence-corrected chi connectivity index (χ2v) is 9.43. The highest BCUT2D eigenvalue weighted by Crippen LogP contribution is 2.36. The summed E-state index contributed by atoms with van der Waals surface area (Å²) < 4.78 is 13.1. The third-order valence-corrected chi connectivity index (χ3v) is 7.16. The number of benzene rings is 1. The van der Waals surface area contributed by atoms with E-state index in [1.807, 2.05) is 29.4 Å². The first-order valence-electron chi connectivity index (χ1n) is 11.7. The Kier molecular flexibility index (Phi) is 6.87. The predicted octanol–water partition coefficient (Wildman–Crippen LogP) is 4.02. The third-order valence-electron chi connectivity index (χ3n) is 7.16. The molecule has 0 bridgehead atoms. The summed E-state index contributed by atoms with van der Waals surface area (Å²) in [6.45, 7) is 4.09. The van der Waals surface area contributed by atoms with Gasteiger partial charge in [0.2, 0.25) is 11.8 Å². The number of hydrogen-bond donors (Lipinski definition) is 0. The Morgan fingerprint density at radius 1 is 1.03 bits per heavy atom. The molecule has 2 aliphatic heterocycles. The lowest BCUT2D eigenvalue weighted by Gasteiger charge is -2.41. The van der Waals surface area contributed by atoms with Crippen LogP contribution in [-0.2, 0) is 22.4 Å². The molecule has 2 amide bonds. The van der Waals surface area contributed by atoms with Crippen molar-refractivity contribution in [1.82, 2.24) is 14.8 Å². The number of aryl methyl sites for hydroxylation is 1. The Hall–Kier alpha value is -2.76. The lowest BCUT2D eigenvalue weighted by molar-refractivity contribution is -0.148. The van der Waals surface area contributed by atoms with Crippen LogP contribution in [0, 0.1) is 11.2 Å². The van der Waals surface area contributed by atoms with Gasteiger partial charge in [0.05, 0.1) is 6.42 Å². The van der Waals surface area contributed by atoms with Crippen LogP contribution in [0.15, 0.2) is 48.8 Å². The molecule has 0 N–H and O–H groups in total. The molecule has 0 spiro atoms. The number of halogens is 1.